The van der Waals surface area contributed by atoms with E-state index in [9.17, 15) is 4.79 Å². The molecule has 1 amide bonds. The van der Waals surface area contributed by atoms with E-state index in [0.29, 0.717) is 18.1 Å². The molecule has 2 atom stereocenters. The number of fused-ring (bicyclic) bond motifs is 1. The van der Waals surface area contributed by atoms with E-state index in [2.05, 4.69) is 23.7 Å². The van der Waals surface area contributed by atoms with Gasteiger partial charge in [-0.1, -0.05) is 18.2 Å². The summed E-state index contributed by atoms with van der Waals surface area (Å²) in [6.45, 7) is 9.03. The Morgan fingerprint density at radius 3 is 2.55 bits per heavy atom. The van der Waals surface area contributed by atoms with Gasteiger partial charge in [-0.3, -0.25) is 14.7 Å². The van der Waals surface area contributed by atoms with Crippen molar-refractivity contribution in [2.45, 2.75) is 38.9 Å². The van der Waals surface area contributed by atoms with Gasteiger partial charge in [0.1, 0.15) is 0 Å². The Labute approximate surface area is 195 Å². The fourth-order valence-electron chi connectivity index (χ4n) is 5.30. The van der Waals surface area contributed by atoms with Crippen molar-refractivity contribution in [1.82, 2.24) is 19.8 Å². The molecule has 3 aromatic rings. The molecule has 5 rings (SSSR count). The molecule has 0 aliphatic carbocycles. The standard InChI is InChI=1S/C27H32N4O2/c1-19-16-30(17-20(2)33-19)18-21-9-12-31(13-10-21)27(32)24-14-26(22-6-5-11-28-15-22)29-25-8-4-3-7-23(24)25/h3-8,11,14-15,19-21H,9-10,12-13,16-18H2,1-2H3. The summed E-state index contributed by atoms with van der Waals surface area (Å²) in [5.74, 6) is 0.734. The molecule has 33 heavy (non-hydrogen) atoms. The first-order chi connectivity index (χ1) is 16.1. The van der Waals surface area contributed by atoms with Crippen LogP contribution in [-0.2, 0) is 4.74 Å². The average Bonchev–Trinajstić information content (AvgIpc) is 2.83. The lowest BCUT2D eigenvalue weighted by Gasteiger charge is -2.39. The number of morpholine rings is 1. The number of nitrogens with zero attached hydrogens (tertiary/aromatic N) is 4. The lowest BCUT2D eigenvalue weighted by atomic mass is 9.94. The zero-order chi connectivity index (χ0) is 22.8. The van der Waals surface area contributed by atoms with Gasteiger partial charge in [0.15, 0.2) is 0 Å². The van der Waals surface area contributed by atoms with Gasteiger partial charge in [0.05, 0.1) is 29.0 Å². The predicted molar refractivity (Wildman–Crippen MR) is 130 cm³/mol. The first-order valence-electron chi connectivity index (χ1n) is 12.0. The maximum atomic E-state index is 13.6. The fraction of sp³-hybridized carbons (Fsp3) is 0.444. The van der Waals surface area contributed by atoms with Gasteiger partial charge in [-0.2, -0.15) is 0 Å². The Bertz CT molecular complexity index is 1100. The number of ether oxygens (including phenoxy) is 1. The summed E-state index contributed by atoms with van der Waals surface area (Å²) in [6, 6.07) is 13.7. The fourth-order valence-corrected chi connectivity index (χ4v) is 5.30. The highest BCUT2D eigenvalue weighted by atomic mass is 16.5. The molecule has 0 N–H and O–H groups in total. The lowest BCUT2D eigenvalue weighted by molar-refractivity contribution is -0.0728. The Balaban J connectivity index is 1.31. The topological polar surface area (TPSA) is 58.6 Å². The summed E-state index contributed by atoms with van der Waals surface area (Å²) in [6.07, 6.45) is 6.23. The van der Waals surface area contributed by atoms with Crippen molar-refractivity contribution < 1.29 is 9.53 Å². The number of likely N-dealkylation sites (tertiary alicyclic amines) is 1. The third kappa shape index (κ3) is 4.92. The molecular formula is C27H32N4O2. The average molecular weight is 445 g/mol. The van der Waals surface area contributed by atoms with Crippen LogP contribution in [0.5, 0.6) is 0 Å². The molecule has 0 bridgehead atoms. The first-order valence-corrected chi connectivity index (χ1v) is 12.0. The zero-order valence-corrected chi connectivity index (χ0v) is 19.5. The minimum atomic E-state index is 0.103. The number of rotatable bonds is 4. The molecule has 0 radical (unpaired) electrons. The second kappa shape index (κ2) is 9.57. The van der Waals surface area contributed by atoms with Crippen molar-refractivity contribution in [3.05, 3.63) is 60.4 Å². The van der Waals surface area contributed by atoms with Gasteiger partial charge in [0, 0.05) is 56.1 Å². The van der Waals surface area contributed by atoms with Gasteiger partial charge in [0.2, 0.25) is 0 Å². The van der Waals surface area contributed by atoms with Crippen molar-refractivity contribution in [3.8, 4) is 11.3 Å². The van der Waals surface area contributed by atoms with Crippen molar-refractivity contribution >= 4 is 16.8 Å². The summed E-state index contributed by atoms with van der Waals surface area (Å²) >= 11 is 0. The van der Waals surface area contributed by atoms with Crippen LogP contribution >= 0.6 is 0 Å². The lowest BCUT2D eigenvalue weighted by Crippen LogP contribution is -2.48. The SMILES string of the molecule is CC1CN(CC2CCN(C(=O)c3cc(-c4cccnc4)nc4ccccc34)CC2)CC(C)O1. The molecule has 2 aromatic heterocycles. The molecule has 172 valence electrons. The van der Waals surface area contributed by atoms with E-state index in [4.69, 9.17) is 9.72 Å². The second-order valence-corrected chi connectivity index (χ2v) is 9.53. The number of pyridine rings is 2. The summed E-state index contributed by atoms with van der Waals surface area (Å²) in [5.41, 5.74) is 3.28. The van der Waals surface area contributed by atoms with E-state index in [1.807, 2.05) is 47.4 Å². The summed E-state index contributed by atoms with van der Waals surface area (Å²) in [7, 11) is 0. The highest BCUT2D eigenvalue weighted by molar-refractivity contribution is 6.07. The van der Waals surface area contributed by atoms with Crippen molar-refractivity contribution in [2.24, 2.45) is 5.92 Å². The van der Waals surface area contributed by atoms with Crippen LogP contribution < -0.4 is 0 Å². The molecule has 0 spiro atoms. The molecular weight excluding hydrogens is 412 g/mol. The van der Waals surface area contributed by atoms with Crippen LogP contribution in [0.25, 0.3) is 22.2 Å². The highest BCUT2D eigenvalue weighted by Crippen LogP contribution is 2.27. The quantitative estimate of drug-likeness (QED) is 0.602. The van der Waals surface area contributed by atoms with Crippen LogP contribution in [0.4, 0.5) is 0 Å². The molecule has 2 unspecified atom stereocenters. The number of piperidine rings is 1. The molecule has 2 fully saturated rings. The van der Waals surface area contributed by atoms with Crippen molar-refractivity contribution in [2.75, 3.05) is 32.7 Å². The summed E-state index contributed by atoms with van der Waals surface area (Å²) in [5, 5.41) is 0.911. The number of aromatic nitrogens is 2. The van der Waals surface area contributed by atoms with Crippen LogP contribution in [0.3, 0.4) is 0 Å². The van der Waals surface area contributed by atoms with Gasteiger partial charge in [0.25, 0.3) is 5.91 Å². The van der Waals surface area contributed by atoms with Crippen molar-refractivity contribution in [1.29, 1.82) is 0 Å². The molecule has 2 saturated heterocycles. The van der Waals surface area contributed by atoms with E-state index >= 15 is 0 Å². The molecule has 1 aromatic carbocycles. The van der Waals surface area contributed by atoms with Gasteiger partial charge in [-0.15, -0.1) is 0 Å². The third-order valence-corrected chi connectivity index (χ3v) is 6.82. The van der Waals surface area contributed by atoms with E-state index in [-0.39, 0.29) is 5.91 Å². The number of carbonyl (C=O) groups is 1. The second-order valence-electron chi connectivity index (χ2n) is 9.53. The van der Waals surface area contributed by atoms with Crippen molar-refractivity contribution in [3.63, 3.8) is 0 Å². The largest absolute Gasteiger partial charge is 0.373 e. The minimum Gasteiger partial charge on any atom is -0.373 e. The maximum absolute atomic E-state index is 13.6. The Morgan fingerprint density at radius 1 is 1.06 bits per heavy atom. The molecule has 6 heteroatoms. The van der Waals surface area contributed by atoms with E-state index in [1.54, 1.807) is 12.4 Å². The summed E-state index contributed by atoms with van der Waals surface area (Å²) in [4.78, 5) is 27.2. The monoisotopic (exact) mass is 444 g/mol. The Morgan fingerprint density at radius 2 is 1.82 bits per heavy atom. The molecule has 2 aliphatic rings. The number of para-hydroxylation sites is 1. The van der Waals surface area contributed by atoms with Crippen LogP contribution in [-0.4, -0.2) is 70.6 Å². The molecule has 0 saturated carbocycles. The number of benzene rings is 1. The normalized spacial score (nSPS) is 22.5. The number of hydrogen-bond acceptors (Lipinski definition) is 5. The van der Waals surface area contributed by atoms with Gasteiger partial charge in [-0.25, -0.2) is 4.98 Å². The molecule has 4 heterocycles. The minimum absolute atomic E-state index is 0.103. The number of amides is 1. The highest BCUT2D eigenvalue weighted by Gasteiger charge is 2.29. The summed E-state index contributed by atoms with van der Waals surface area (Å²) < 4.78 is 5.88. The molecule has 6 nitrogen and oxygen atoms in total. The Kier molecular flexibility index (Phi) is 6.38. The van der Waals surface area contributed by atoms with Crippen LogP contribution in [0.2, 0.25) is 0 Å². The smallest absolute Gasteiger partial charge is 0.254 e. The molecule has 2 aliphatic heterocycles. The van der Waals surface area contributed by atoms with Crippen LogP contribution in [0.15, 0.2) is 54.9 Å². The van der Waals surface area contributed by atoms with E-state index < -0.39 is 0 Å². The van der Waals surface area contributed by atoms with Crippen LogP contribution in [0, 0.1) is 5.92 Å². The van der Waals surface area contributed by atoms with E-state index in [0.717, 1.165) is 73.3 Å². The first kappa shape index (κ1) is 22.0. The zero-order valence-electron chi connectivity index (χ0n) is 19.5. The maximum Gasteiger partial charge on any atom is 0.254 e. The van der Waals surface area contributed by atoms with Gasteiger partial charge < -0.3 is 9.64 Å². The Hall–Kier alpha value is -2.83. The number of carbonyl (C=O) groups excluding carboxylic acids is 1. The van der Waals surface area contributed by atoms with E-state index in [1.165, 1.54) is 0 Å². The van der Waals surface area contributed by atoms with Crippen LogP contribution in [0.1, 0.15) is 37.0 Å². The third-order valence-electron chi connectivity index (χ3n) is 6.82. The predicted octanol–water partition coefficient (Wildman–Crippen LogP) is 4.26. The van der Waals surface area contributed by atoms with Gasteiger partial charge in [-0.05, 0) is 56.9 Å². The number of hydrogen-bond donors (Lipinski definition) is 0. The van der Waals surface area contributed by atoms with Gasteiger partial charge >= 0.3 is 0 Å².